The van der Waals surface area contributed by atoms with Gasteiger partial charge in [0.2, 0.25) is 0 Å². The summed E-state index contributed by atoms with van der Waals surface area (Å²) in [6, 6.07) is 13.6. The zero-order chi connectivity index (χ0) is 16.8. The van der Waals surface area contributed by atoms with Gasteiger partial charge in [-0.1, -0.05) is 51.1 Å². The summed E-state index contributed by atoms with van der Waals surface area (Å²) in [6.45, 7) is 8.34. The Morgan fingerprint density at radius 3 is 2.30 bits per heavy atom. The first kappa shape index (κ1) is 15.3. The van der Waals surface area contributed by atoms with Gasteiger partial charge in [-0.25, -0.2) is 9.78 Å². The topological polar surface area (TPSA) is 54.6 Å². The van der Waals surface area contributed by atoms with Gasteiger partial charge in [-0.3, -0.25) is 4.40 Å². The third-order valence-corrected chi connectivity index (χ3v) is 4.07. The minimum atomic E-state index is -0.971. The van der Waals surface area contributed by atoms with Gasteiger partial charge >= 0.3 is 5.97 Å². The Kier molecular flexibility index (Phi) is 3.48. The Labute approximate surface area is 135 Å². The summed E-state index contributed by atoms with van der Waals surface area (Å²) < 4.78 is 1.69. The van der Waals surface area contributed by atoms with Crippen LogP contribution in [-0.2, 0) is 5.41 Å². The average Bonchev–Trinajstić information content (AvgIpc) is 2.87. The molecule has 0 aliphatic rings. The van der Waals surface area contributed by atoms with E-state index in [4.69, 9.17) is 0 Å². The lowest BCUT2D eigenvalue weighted by molar-refractivity contribution is 0.0690. The largest absolute Gasteiger partial charge is 0.476 e. The monoisotopic (exact) mass is 308 g/mol. The molecule has 0 saturated carbocycles. The molecule has 1 N–H and O–H groups in total. The Hall–Kier alpha value is -2.62. The molecule has 4 heteroatoms. The van der Waals surface area contributed by atoms with E-state index in [9.17, 15) is 9.90 Å². The molecule has 0 aliphatic heterocycles. The molecule has 0 bridgehead atoms. The quantitative estimate of drug-likeness (QED) is 0.767. The summed E-state index contributed by atoms with van der Waals surface area (Å²) in [4.78, 5) is 16.3. The molecule has 0 fully saturated rings. The number of rotatable bonds is 2. The van der Waals surface area contributed by atoms with Crippen LogP contribution in [0.5, 0.6) is 0 Å². The van der Waals surface area contributed by atoms with Gasteiger partial charge in [0.25, 0.3) is 0 Å². The van der Waals surface area contributed by atoms with Gasteiger partial charge in [-0.05, 0) is 30.0 Å². The number of carboxylic acid groups (broad SMARTS) is 1. The standard InChI is InChI=1S/C19H20N2O2/c1-12-6-5-7-15-20-16(17(18(22)23)21(12)15)13-8-10-14(11-9-13)19(2,3)4/h5-11H,1-4H3,(H,22,23). The summed E-state index contributed by atoms with van der Waals surface area (Å²) in [6.07, 6.45) is 0. The number of imidazole rings is 1. The van der Waals surface area contributed by atoms with E-state index in [1.54, 1.807) is 4.40 Å². The van der Waals surface area contributed by atoms with Crippen LogP contribution in [0.2, 0.25) is 0 Å². The minimum absolute atomic E-state index is 0.0592. The average molecular weight is 308 g/mol. The van der Waals surface area contributed by atoms with Crippen LogP contribution in [0, 0.1) is 6.92 Å². The van der Waals surface area contributed by atoms with Crippen molar-refractivity contribution in [2.75, 3.05) is 0 Å². The second-order valence-corrected chi connectivity index (χ2v) is 6.80. The van der Waals surface area contributed by atoms with E-state index in [1.807, 2.05) is 49.4 Å². The maximum Gasteiger partial charge on any atom is 0.355 e. The number of benzene rings is 1. The van der Waals surface area contributed by atoms with Crippen molar-refractivity contribution in [1.29, 1.82) is 0 Å². The number of aromatic nitrogens is 2. The maximum atomic E-state index is 11.8. The van der Waals surface area contributed by atoms with Crippen LogP contribution in [0.1, 0.15) is 42.5 Å². The molecule has 4 nitrogen and oxygen atoms in total. The fraction of sp³-hybridized carbons (Fsp3) is 0.263. The molecule has 0 spiro atoms. The zero-order valence-corrected chi connectivity index (χ0v) is 13.8. The lowest BCUT2D eigenvalue weighted by Gasteiger charge is -2.19. The summed E-state index contributed by atoms with van der Waals surface area (Å²) in [5.74, 6) is -0.971. The number of hydrogen-bond donors (Lipinski definition) is 1. The van der Waals surface area contributed by atoms with Crippen LogP contribution in [0.3, 0.4) is 0 Å². The summed E-state index contributed by atoms with van der Waals surface area (Å²) in [5.41, 5.74) is 4.30. The Morgan fingerprint density at radius 1 is 1.09 bits per heavy atom. The second kappa shape index (κ2) is 5.23. The van der Waals surface area contributed by atoms with Crippen molar-refractivity contribution in [3.05, 3.63) is 59.4 Å². The highest BCUT2D eigenvalue weighted by Crippen LogP contribution is 2.29. The highest BCUT2D eigenvalue weighted by atomic mass is 16.4. The summed E-state index contributed by atoms with van der Waals surface area (Å²) in [5, 5.41) is 9.66. The Morgan fingerprint density at radius 2 is 1.74 bits per heavy atom. The molecular formula is C19H20N2O2. The molecule has 0 aliphatic carbocycles. The lowest BCUT2D eigenvalue weighted by Crippen LogP contribution is -2.10. The van der Waals surface area contributed by atoms with Crippen LogP contribution in [0.15, 0.2) is 42.5 Å². The smallest absolute Gasteiger partial charge is 0.355 e. The van der Waals surface area contributed by atoms with Gasteiger partial charge < -0.3 is 5.11 Å². The van der Waals surface area contributed by atoms with E-state index >= 15 is 0 Å². The lowest BCUT2D eigenvalue weighted by atomic mass is 9.86. The van der Waals surface area contributed by atoms with Crippen molar-refractivity contribution in [2.45, 2.75) is 33.1 Å². The molecule has 0 amide bonds. The third-order valence-electron chi connectivity index (χ3n) is 4.07. The number of fused-ring (bicyclic) bond motifs is 1. The molecular weight excluding hydrogens is 288 g/mol. The van der Waals surface area contributed by atoms with Crippen molar-refractivity contribution >= 4 is 11.6 Å². The maximum absolute atomic E-state index is 11.8. The third kappa shape index (κ3) is 2.61. The molecule has 3 rings (SSSR count). The van der Waals surface area contributed by atoms with Crippen molar-refractivity contribution in [3.63, 3.8) is 0 Å². The number of hydrogen-bond acceptors (Lipinski definition) is 2. The molecule has 2 heterocycles. The van der Waals surface area contributed by atoms with Gasteiger partial charge in [0.05, 0.1) is 0 Å². The van der Waals surface area contributed by atoms with E-state index < -0.39 is 5.97 Å². The van der Waals surface area contributed by atoms with Crippen molar-refractivity contribution in [1.82, 2.24) is 9.38 Å². The molecule has 0 radical (unpaired) electrons. The molecule has 0 unspecified atom stereocenters. The van der Waals surface area contributed by atoms with E-state index in [2.05, 4.69) is 25.8 Å². The minimum Gasteiger partial charge on any atom is -0.476 e. The van der Waals surface area contributed by atoms with Crippen LogP contribution >= 0.6 is 0 Å². The molecule has 118 valence electrons. The SMILES string of the molecule is Cc1cccc2nc(-c3ccc(C(C)(C)C)cc3)c(C(=O)O)n12. The van der Waals surface area contributed by atoms with Gasteiger partial charge in [-0.15, -0.1) is 0 Å². The number of carbonyl (C=O) groups is 1. The number of aromatic carboxylic acids is 1. The predicted molar refractivity (Wildman–Crippen MR) is 91.0 cm³/mol. The van der Waals surface area contributed by atoms with E-state index in [1.165, 1.54) is 5.56 Å². The Balaban J connectivity index is 2.22. The zero-order valence-electron chi connectivity index (χ0n) is 13.8. The molecule has 3 aromatic rings. The van der Waals surface area contributed by atoms with Crippen LogP contribution in [0.4, 0.5) is 0 Å². The highest BCUT2D eigenvalue weighted by Gasteiger charge is 2.21. The van der Waals surface area contributed by atoms with Crippen molar-refractivity contribution in [2.24, 2.45) is 0 Å². The second-order valence-electron chi connectivity index (χ2n) is 6.80. The van der Waals surface area contributed by atoms with Gasteiger partial charge in [-0.2, -0.15) is 0 Å². The van der Waals surface area contributed by atoms with Crippen molar-refractivity contribution < 1.29 is 9.90 Å². The molecule has 23 heavy (non-hydrogen) atoms. The predicted octanol–water partition coefficient (Wildman–Crippen LogP) is 4.31. The molecule has 0 saturated heterocycles. The van der Waals surface area contributed by atoms with Crippen molar-refractivity contribution in [3.8, 4) is 11.3 Å². The first-order chi connectivity index (χ1) is 10.8. The number of carboxylic acids is 1. The van der Waals surface area contributed by atoms with Gasteiger partial charge in [0, 0.05) is 11.3 Å². The van der Waals surface area contributed by atoms with Crippen LogP contribution < -0.4 is 0 Å². The Bertz CT molecular complexity index is 884. The number of nitrogens with zero attached hydrogens (tertiary/aromatic N) is 2. The fourth-order valence-electron chi connectivity index (χ4n) is 2.78. The van der Waals surface area contributed by atoms with E-state index in [-0.39, 0.29) is 11.1 Å². The highest BCUT2D eigenvalue weighted by molar-refractivity contribution is 5.94. The van der Waals surface area contributed by atoms with Gasteiger partial charge in [0.15, 0.2) is 5.69 Å². The number of aryl methyl sites for hydroxylation is 1. The van der Waals surface area contributed by atoms with Crippen LogP contribution in [0.25, 0.3) is 16.9 Å². The summed E-state index contributed by atoms with van der Waals surface area (Å²) >= 11 is 0. The summed E-state index contributed by atoms with van der Waals surface area (Å²) in [7, 11) is 0. The molecule has 2 aromatic heterocycles. The fourth-order valence-corrected chi connectivity index (χ4v) is 2.78. The van der Waals surface area contributed by atoms with E-state index in [0.29, 0.717) is 11.3 Å². The normalized spacial score (nSPS) is 11.8. The van der Waals surface area contributed by atoms with Gasteiger partial charge in [0.1, 0.15) is 11.3 Å². The molecule has 0 atom stereocenters. The van der Waals surface area contributed by atoms with Crippen LogP contribution in [-0.4, -0.2) is 20.5 Å². The first-order valence-electron chi connectivity index (χ1n) is 7.61. The first-order valence-corrected chi connectivity index (χ1v) is 7.61. The molecule has 1 aromatic carbocycles. The van der Waals surface area contributed by atoms with E-state index in [0.717, 1.165) is 11.3 Å². The number of pyridine rings is 1.